The van der Waals surface area contributed by atoms with Crippen molar-refractivity contribution in [1.82, 2.24) is 0 Å². The van der Waals surface area contributed by atoms with E-state index in [1.165, 1.54) is 6.07 Å². The van der Waals surface area contributed by atoms with Gasteiger partial charge in [0.05, 0.1) is 17.6 Å². The zero-order valence-electron chi connectivity index (χ0n) is 10.9. The lowest BCUT2D eigenvalue weighted by Gasteiger charge is -2.22. The van der Waals surface area contributed by atoms with Crippen LogP contribution in [0.5, 0.6) is 0 Å². The number of rotatable bonds is 3. The highest BCUT2D eigenvalue weighted by atomic mass is 16.6. The lowest BCUT2D eigenvalue weighted by molar-refractivity contribution is -0.384. The standard InChI is InChI=1S/C13H18N2O4/c1-10(16)11-3-4-12(13(9-11)15(17)18)14-5-2-7-19-8-6-14/h3-4,9-10,16H,2,5-8H2,1H3/t10-/m1/s1. The zero-order valence-corrected chi connectivity index (χ0v) is 10.9. The minimum absolute atomic E-state index is 0.0419. The average molecular weight is 266 g/mol. The first-order valence-electron chi connectivity index (χ1n) is 6.38. The fourth-order valence-corrected chi connectivity index (χ4v) is 2.20. The molecule has 0 aliphatic carbocycles. The second-order valence-electron chi connectivity index (χ2n) is 4.63. The van der Waals surface area contributed by atoms with Crippen LogP contribution in [0.2, 0.25) is 0 Å². The second-order valence-corrected chi connectivity index (χ2v) is 4.63. The van der Waals surface area contributed by atoms with Gasteiger partial charge in [0.25, 0.3) is 5.69 Å². The third-order valence-electron chi connectivity index (χ3n) is 3.24. The van der Waals surface area contributed by atoms with Crippen LogP contribution in [0.3, 0.4) is 0 Å². The van der Waals surface area contributed by atoms with Crippen LogP contribution in [0.25, 0.3) is 0 Å². The first-order chi connectivity index (χ1) is 9.09. The third kappa shape index (κ3) is 3.21. The Morgan fingerprint density at radius 1 is 1.42 bits per heavy atom. The highest BCUT2D eigenvalue weighted by Crippen LogP contribution is 2.31. The van der Waals surface area contributed by atoms with Crippen LogP contribution in [0.1, 0.15) is 25.0 Å². The monoisotopic (exact) mass is 266 g/mol. The molecule has 104 valence electrons. The molecule has 6 heteroatoms. The summed E-state index contributed by atoms with van der Waals surface area (Å²) >= 11 is 0. The molecule has 0 radical (unpaired) electrons. The Morgan fingerprint density at radius 3 is 2.89 bits per heavy atom. The lowest BCUT2D eigenvalue weighted by atomic mass is 10.1. The Labute approximate surface area is 111 Å². The average Bonchev–Trinajstić information content (AvgIpc) is 2.66. The van der Waals surface area contributed by atoms with Crippen molar-refractivity contribution in [2.24, 2.45) is 0 Å². The van der Waals surface area contributed by atoms with Gasteiger partial charge >= 0.3 is 0 Å². The van der Waals surface area contributed by atoms with Gasteiger partial charge in [-0.15, -0.1) is 0 Å². The summed E-state index contributed by atoms with van der Waals surface area (Å²) in [5.74, 6) is 0. The predicted octanol–water partition coefficient (Wildman–Crippen LogP) is 1.87. The third-order valence-corrected chi connectivity index (χ3v) is 3.24. The van der Waals surface area contributed by atoms with Crippen molar-refractivity contribution in [3.8, 4) is 0 Å². The summed E-state index contributed by atoms with van der Waals surface area (Å²) in [6.07, 6.45) is 0.148. The summed E-state index contributed by atoms with van der Waals surface area (Å²) in [5.41, 5.74) is 1.20. The number of hydrogen-bond donors (Lipinski definition) is 1. The normalized spacial score (nSPS) is 17.9. The van der Waals surface area contributed by atoms with Crippen molar-refractivity contribution < 1.29 is 14.8 Å². The van der Waals surface area contributed by atoms with Crippen LogP contribution in [0, 0.1) is 10.1 Å². The van der Waals surface area contributed by atoms with E-state index in [1.807, 2.05) is 4.90 Å². The van der Waals surface area contributed by atoms with Gasteiger partial charge in [-0.3, -0.25) is 10.1 Å². The summed E-state index contributed by atoms with van der Waals surface area (Å²) < 4.78 is 5.36. The van der Waals surface area contributed by atoms with Crippen molar-refractivity contribution >= 4 is 11.4 Å². The second kappa shape index (κ2) is 5.99. The molecule has 1 aliphatic heterocycles. The van der Waals surface area contributed by atoms with Crippen LogP contribution in [0.15, 0.2) is 18.2 Å². The highest BCUT2D eigenvalue weighted by Gasteiger charge is 2.21. The maximum Gasteiger partial charge on any atom is 0.292 e. The first-order valence-corrected chi connectivity index (χ1v) is 6.38. The molecule has 1 aromatic carbocycles. The van der Waals surface area contributed by atoms with Crippen molar-refractivity contribution in [1.29, 1.82) is 0 Å². The number of aliphatic hydroxyl groups is 1. The van der Waals surface area contributed by atoms with Crippen LogP contribution < -0.4 is 4.90 Å². The molecule has 1 atom stereocenters. The molecular weight excluding hydrogens is 248 g/mol. The summed E-state index contributed by atoms with van der Waals surface area (Å²) in [6, 6.07) is 4.90. The molecule has 0 spiro atoms. The minimum atomic E-state index is -0.708. The van der Waals surface area contributed by atoms with Gasteiger partial charge in [-0.25, -0.2) is 0 Å². The molecule has 2 rings (SSSR count). The van der Waals surface area contributed by atoms with E-state index in [9.17, 15) is 15.2 Å². The molecule has 1 aliphatic rings. The van der Waals surface area contributed by atoms with E-state index in [4.69, 9.17) is 4.74 Å². The van der Waals surface area contributed by atoms with Crippen LogP contribution in [0.4, 0.5) is 11.4 Å². The molecule has 1 heterocycles. The van der Waals surface area contributed by atoms with Gasteiger partial charge < -0.3 is 14.7 Å². The van der Waals surface area contributed by atoms with Gasteiger partial charge in [-0.1, -0.05) is 6.07 Å². The molecular formula is C13H18N2O4. The first kappa shape index (κ1) is 13.8. The zero-order chi connectivity index (χ0) is 13.8. The lowest BCUT2D eigenvalue weighted by Crippen LogP contribution is -2.26. The molecule has 0 amide bonds. The number of ether oxygens (including phenoxy) is 1. The molecule has 6 nitrogen and oxygen atoms in total. The maximum atomic E-state index is 11.2. The summed E-state index contributed by atoms with van der Waals surface area (Å²) in [6.45, 7) is 4.26. The van der Waals surface area contributed by atoms with Gasteiger partial charge in [0.15, 0.2) is 0 Å². The smallest absolute Gasteiger partial charge is 0.292 e. The molecule has 0 unspecified atom stereocenters. The number of nitro groups is 1. The molecule has 0 aromatic heterocycles. The number of benzene rings is 1. The van der Waals surface area contributed by atoms with E-state index in [-0.39, 0.29) is 5.69 Å². The quantitative estimate of drug-likeness (QED) is 0.667. The Bertz CT molecular complexity index is 454. The topological polar surface area (TPSA) is 75.8 Å². The predicted molar refractivity (Wildman–Crippen MR) is 71.4 cm³/mol. The number of aliphatic hydroxyl groups excluding tert-OH is 1. The van der Waals surface area contributed by atoms with Crippen LogP contribution >= 0.6 is 0 Å². The largest absolute Gasteiger partial charge is 0.389 e. The Hall–Kier alpha value is -1.66. The minimum Gasteiger partial charge on any atom is -0.389 e. The summed E-state index contributed by atoms with van der Waals surface area (Å²) in [7, 11) is 0. The number of nitrogens with zero attached hydrogens (tertiary/aromatic N) is 2. The van der Waals surface area contributed by atoms with Gasteiger partial charge in [0, 0.05) is 25.8 Å². The van der Waals surface area contributed by atoms with Gasteiger partial charge in [0.2, 0.25) is 0 Å². The summed E-state index contributed by atoms with van der Waals surface area (Å²) in [5, 5.41) is 20.7. The Kier molecular flexibility index (Phi) is 4.34. The van der Waals surface area contributed by atoms with Crippen molar-refractivity contribution in [3.05, 3.63) is 33.9 Å². The van der Waals surface area contributed by atoms with E-state index in [0.717, 1.165) is 13.0 Å². The van der Waals surface area contributed by atoms with E-state index < -0.39 is 11.0 Å². The fourth-order valence-electron chi connectivity index (χ4n) is 2.20. The van der Waals surface area contributed by atoms with Crippen LogP contribution in [-0.4, -0.2) is 36.3 Å². The van der Waals surface area contributed by atoms with Crippen molar-refractivity contribution in [3.63, 3.8) is 0 Å². The van der Waals surface area contributed by atoms with E-state index in [2.05, 4.69) is 0 Å². The highest BCUT2D eigenvalue weighted by molar-refractivity contribution is 5.64. The van der Waals surface area contributed by atoms with Crippen molar-refractivity contribution in [2.75, 3.05) is 31.2 Å². The van der Waals surface area contributed by atoms with Gasteiger partial charge in [0.1, 0.15) is 5.69 Å². The van der Waals surface area contributed by atoms with E-state index in [1.54, 1.807) is 19.1 Å². The van der Waals surface area contributed by atoms with Crippen molar-refractivity contribution in [2.45, 2.75) is 19.4 Å². The van der Waals surface area contributed by atoms with Crippen LogP contribution in [-0.2, 0) is 4.74 Å². The molecule has 0 bridgehead atoms. The van der Waals surface area contributed by atoms with E-state index >= 15 is 0 Å². The molecule has 1 aromatic rings. The van der Waals surface area contributed by atoms with E-state index in [0.29, 0.717) is 31.0 Å². The Morgan fingerprint density at radius 2 is 2.21 bits per heavy atom. The van der Waals surface area contributed by atoms with Gasteiger partial charge in [-0.2, -0.15) is 0 Å². The Balaban J connectivity index is 2.35. The number of hydrogen-bond acceptors (Lipinski definition) is 5. The molecule has 1 N–H and O–H groups in total. The number of anilines is 1. The molecule has 0 saturated carbocycles. The maximum absolute atomic E-state index is 11.2. The molecule has 1 saturated heterocycles. The SMILES string of the molecule is C[C@@H](O)c1ccc(N2CCCOCC2)c([N+](=O)[O-])c1. The molecule has 19 heavy (non-hydrogen) atoms. The molecule has 1 fully saturated rings. The van der Waals surface area contributed by atoms with Gasteiger partial charge in [-0.05, 0) is 25.0 Å². The fraction of sp³-hybridized carbons (Fsp3) is 0.538. The number of nitro benzene ring substituents is 1. The summed E-state index contributed by atoms with van der Waals surface area (Å²) in [4.78, 5) is 12.8.